The van der Waals surface area contributed by atoms with Gasteiger partial charge in [-0.25, -0.2) is 4.90 Å². The number of fused-ring (bicyclic) bond motifs is 2. The predicted molar refractivity (Wildman–Crippen MR) is 62.2 cm³/mol. The summed E-state index contributed by atoms with van der Waals surface area (Å²) in [7, 11) is 5.36. The summed E-state index contributed by atoms with van der Waals surface area (Å²) in [6, 6.07) is 0.241. The molecule has 0 aromatic heterocycles. The van der Waals surface area contributed by atoms with Gasteiger partial charge in [0.15, 0.2) is 6.29 Å². The number of nitrogens with one attached hydrogen (secondary N) is 1. The predicted octanol–water partition coefficient (Wildman–Crippen LogP) is -1.77. The molecule has 6 heteroatoms. The van der Waals surface area contributed by atoms with Crippen molar-refractivity contribution in [1.29, 1.82) is 0 Å². The number of likely N-dealkylation sites (tertiary alicyclic amines) is 1. The van der Waals surface area contributed by atoms with Gasteiger partial charge < -0.3 is 19.9 Å². The van der Waals surface area contributed by atoms with Crippen LogP contribution in [0, 0.1) is 0 Å². The van der Waals surface area contributed by atoms with Crippen molar-refractivity contribution in [2.75, 3.05) is 34.4 Å². The highest BCUT2D eigenvalue weighted by Gasteiger charge is 2.64. The summed E-state index contributed by atoms with van der Waals surface area (Å²) in [4.78, 5) is 2.31. The van der Waals surface area contributed by atoms with E-state index in [-0.39, 0.29) is 30.1 Å². The average molecular weight is 246 g/mol. The first kappa shape index (κ1) is 13.2. The SMILES string of the molecule is CNC([NH3+])N1C[C@]2(COC)O[C@@H](C)C1C2OC. The van der Waals surface area contributed by atoms with Gasteiger partial charge in [-0.2, -0.15) is 0 Å². The van der Waals surface area contributed by atoms with Crippen LogP contribution in [0.25, 0.3) is 0 Å². The molecule has 0 aromatic rings. The van der Waals surface area contributed by atoms with Gasteiger partial charge in [0.2, 0.25) is 0 Å². The third-order valence-corrected chi connectivity index (χ3v) is 3.94. The van der Waals surface area contributed by atoms with Crippen molar-refractivity contribution in [2.45, 2.75) is 37.1 Å². The van der Waals surface area contributed by atoms with E-state index >= 15 is 0 Å². The van der Waals surface area contributed by atoms with E-state index in [9.17, 15) is 0 Å². The molecule has 2 rings (SSSR count). The maximum atomic E-state index is 6.07. The number of nitrogens with zero attached hydrogens (tertiary/aromatic N) is 1. The molecule has 0 spiro atoms. The van der Waals surface area contributed by atoms with Crippen LogP contribution in [-0.2, 0) is 14.2 Å². The van der Waals surface area contributed by atoms with Gasteiger partial charge in [0.25, 0.3) is 0 Å². The molecule has 3 unspecified atom stereocenters. The summed E-state index contributed by atoms with van der Waals surface area (Å²) in [5, 5.41) is 3.18. The molecule has 0 radical (unpaired) electrons. The lowest BCUT2D eigenvalue weighted by Gasteiger charge is -2.36. The Morgan fingerprint density at radius 2 is 2.29 bits per heavy atom. The number of morpholine rings is 1. The maximum absolute atomic E-state index is 6.07. The smallest absolute Gasteiger partial charge is 0.198 e. The van der Waals surface area contributed by atoms with Gasteiger partial charge in [-0.15, -0.1) is 0 Å². The molecule has 0 saturated carbocycles. The second kappa shape index (κ2) is 4.79. The first-order valence-corrected chi connectivity index (χ1v) is 6.05. The van der Waals surface area contributed by atoms with E-state index in [1.165, 1.54) is 0 Å². The van der Waals surface area contributed by atoms with Crippen LogP contribution in [0.2, 0.25) is 0 Å². The lowest BCUT2D eigenvalue weighted by Crippen LogP contribution is -2.77. The van der Waals surface area contributed by atoms with E-state index in [1.807, 2.05) is 7.05 Å². The van der Waals surface area contributed by atoms with Crippen molar-refractivity contribution in [1.82, 2.24) is 10.2 Å². The van der Waals surface area contributed by atoms with Crippen molar-refractivity contribution in [3.63, 3.8) is 0 Å². The van der Waals surface area contributed by atoms with Crippen molar-refractivity contribution in [3.8, 4) is 0 Å². The summed E-state index contributed by atoms with van der Waals surface area (Å²) in [6.07, 6.45) is 0.263. The fraction of sp³-hybridized carbons (Fsp3) is 1.00. The Balaban J connectivity index is 2.23. The number of hydrogen-bond acceptors (Lipinski definition) is 5. The second-order valence-electron chi connectivity index (χ2n) is 4.94. The molecule has 0 aliphatic carbocycles. The van der Waals surface area contributed by atoms with Gasteiger partial charge in [-0.1, -0.05) is 0 Å². The largest absolute Gasteiger partial charge is 0.382 e. The Morgan fingerprint density at radius 1 is 1.59 bits per heavy atom. The van der Waals surface area contributed by atoms with Crippen LogP contribution in [0.4, 0.5) is 0 Å². The summed E-state index contributed by atoms with van der Waals surface area (Å²) in [5.74, 6) is 0. The van der Waals surface area contributed by atoms with Crippen LogP contribution in [-0.4, -0.2) is 69.5 Å². The van der Waals surface area contributed by atoms with Crippen molar-refractivity contribution < 1.29 is 19.9 Å². The van der Waals surface area contributed by atoms with Crippen molar-refractivity contribution in [2.24, 2.45) is 0 Å². The molecular formula is C11H24N3O3+. The van der Waals surface area contributed by atoms with Crippen molar-refractivity contribution >= 4 is 0 Å². The van der Waals surface area contributed by atoms with Crippen LogP contribution in [0.15, 0.2) is 0 Å². The minimum atomic E-state index is -0.347. The Hall–Kier alpha value is -0.240. The Bertz CT molecular complexity index is 279. The van der Waals surface area contributed by atoms with Gasteiger partial charge in [0.05, 0.1) is 18.8 Å². The van der Waals surface area contributed by atoms with Crippen LogP contribution in [0.3, 0.4) is 0 Å². The van der Waals surface area contributed by atoms with Gasteiger partial charge in [0, 0.05) is 20.8 Å². The minimum absolute atomic E-state index is 0.0510. The molecule has 5 atom stereocenters. The molecule has 2 saturated heterocycles. The molecule has 0 aromatic carbocycles. The molecule has 2 aliphatic rings. The number of quaternary nitrogens is 1. The van der Waals surface area contributed by atoms with E-state index in [0.29, 0.717) is 6.61 Å². The lowest BCUT2D eigenvalue weighted by molar-refractivity contribution is -0.472. The van der Waals surface area contributed by atoms with E-state index in [4.69, 9.17) is 14.2 Å². The van der Waals surface area contributed by atoms with E-state index in [1.54, 1.807) is 14.2 Å². The molecule has 4 N–H and O–H groups in total. The molecule has 2 fully saturated rings. The first-order valence-electron chi connectivity index (χ1n) is 6.05. The minimum Gasteiger partial charge on any atom is -0.382 e. The van der Waals surface area contributed by atoms with Crippen LogP contribution in [0.5, 0.6) is 0 Å². The summed E-state index contributed by atoms with van der Waals surface area (Å²) < 4.78 is 17.0. The number of hydrogen-bond donors (Lipinski definition) is 2. The van der Waals surface area contributed by atoms with Gasteiger partial charge in [-0.05, 0) is 14.0 Å². The molecule has 100 valence electrons. The fourth-order valence-corrected chi connectivity index (χ4v) is 3.29. The van der Waals surface area contributed by atoms with Crippen LogP contribution < -0.4 is 11.1 Å². The van der Waals surface area contributed by atoms with Crippen LogP contribution in [0.1, 0.15) is 6.92 Å². The Labute approximate surface area is 102 Å². The normalized spacial score (nSPS) is 43.2. The second-order valence-corrected chi connectivity index (χ2v) is 4.94. The molecular weight excluding hydrogens is 222 g/mol. The number of rotatable bonds is 5. The van der Waals surface area contributed by atoms with Gasteiger partial charge in [-0.3, -0.25) is 5.32 Å². The molecule has 6 nitrogen and oxygen atoms in total. The zero-order valence-electron chi connectivity index (χ0n) is 11.1. The topological polar surface area (TPSA) is 70.6 Å². The summed E-state index contributed by atoms with van der Waals surface area (Å²) in [5.41, 5.74) is 3.77. The van der Waals surface area contributed by atoms with Gasteiger partial charge in [0.1, 0.15) is 11.7 Å². The summed E-state index contributed by atoms with van der Waals surface area (Å²) >= 11 is 0. The van der Waals surface area contributed by atoms with E-state index in [2.05, 4.69) is 22.9 Å². The molecule has 2 aliphatic heterocycles. The molecule has 17 heavy (non-hydrogen) atoms. The monoisotopic (exact) mass is 246 g/mol. The van der Waals surface area contributed by atoms with Crippen LogP contribution >= 0.6 is 0 Å². The zero-order chi connectivity index (χ0) is 12.6. The highest BCUT2D eigenvalue weighted by Crippen LogP contribution is 2.43. The quantitative estimate of drug-likeness (QED) is 0.562. The Morgan fingerprint density at radius 3 is 2.82 bits per heavy atom. The standard InChI is InChI=1S/C11H23N3O3/c1-7-8-9(16-4)11(17-7,6-15-3)5-14(8)10(12)13-2/h7-10,13H,5-6,12H2,1-4H3/p+1/t7-,8?,9?,10?,11+/m0/s1. The highest BCUT2D eigenvalue weighted by atomic mass is 16.6. The lowest BCUT2D eigenvalue weighted by atomic mass is 9.99. The highest BCUT2D eigenvalue weighted by molar-refractivity contribution is 5.14. The first-order chi connectivity index (χ1) is 8.09. The Kier molecular flexibility index (Phi) is 3.72. The van der Waals surface area contributed by atoms with E-state index < -0.39 is 0 Å². The number of ether oxygens (including phenoxy) is 3. The fourth-order valence-electron chi connectivity index (χ4n) is 3.29. The van der Waals surface area contributed by atoms with Gasteiger partial charge >= 0.3 is 0 Å². The van der Waals surface area contributed by atoms with Crippen molar-refractivity contribution in [3.05, 3.63) is 0 Å². The summed E-state index contributed by atoms with van der Waals surface area (Å²) in [6.45, 7) is 3.44. The molecule has 2 bridgehead atoms. The maximum Gasteiger partial charge on any atom is 0.198 e. The third-order valence-electron chi connectivity index (χ3n) is 3.94. The molecule has 0 amide bonds. The van der Waals surface area contributed by atoms with E-state index in [0.717, 1.165) is 6.54 Å². The molecule has 2 heterocycles. The number of methoxy groups -OCH3 is 2. The average Bonchev–Trinajstić information content (AvgIpc) is 2.76. The zero-order valence-corrected chi connectivity index (χ0v) is 11.1. The third kappa shape index (κ3) is 1.89.